The summed E-state index contributed by atoms with van der Waals surface area (Å²) in [6.07, 6.45) is 5.22. The van der Waals surface area contributed by atoms with Crippen LogP contribution in [0.4, 0.5) is 10.3 Å². The van der Waals surface area contributed by atoms with Crippen molar-refractivity contribution in [3.63, 3.8) is 0 Å². The van der Waals surface area contributed by atoms with E-state index in [2.05, 4.69) is 4.98 Å². The summed E-state index contributed by atoms with van der Waals surface area (Å²) in [6, 6.07) is 3.11. The Kier molecular flexibility index (Phi) is 2.32. The van der Waals surface area contributed by atoms with Crippen LogP contribution < -0.4 is 10.5 Å². The molecule has 0 aliphatic heterocycles. The maximum absolute atomic E-state index is 13.7. The average Bonchev–Trinajstić information content (AvgIpc) is 3.29. The number of rotatable bonds is 4. The molecule has 0 atom stereocenters. The van der Waals surface area contributed by atoms with Crippen LogP contribution in [-0.2, 0) is 6.54 Å². The van der Waals surface area contributed by atoms with E-state index in [1.54, 1.807) is 6.07 Å². The molecule has 1 heterocycles. The van der Waals surface area contributed by atoms with E-state index in [0.29, 0.717) is 16.9 Å². The number of nitrogen functional groups attached to an aromatic ring is 1. The number of halogens is 1. The molecule has 106 valence electrons. The molecule has 0 spiro atoms. The van der Waals surface area contributed by atoms with E-state index in [9.17, 15) is 4.39 Å². The van der Waals surface area contributed by atoms with Gasteiger partial charge in [0.25, 0.3) is 0 Å². The molecular weight excluding hydrogens is 257 g/mol. The van der Waals surface area contributed by atoms with Crippen molar-refractivity contribution < 1.29 is 9.13 Å². The molecule has 1 aromatic heterocycles. The number of benzene rings is 1. The van der Waals surface area contributed by atoms with Crippen LogP contribution in [0, 0.1) is 17.2 Å². The van der Waals surface area contributed by atoms with Gasteiger partial charge in [0.1, 0.15) is 0 Å². The molecular formula is C15H18FN3O. The quantitative estimate of drug-likeness (QED) is 0.933. The molecule has 0 unspecified atom stereocenters. The zero-order valence-electron chi connectivity index (χ0n) is 11.5. The van der Waals surface area contributed by atoms with Crippen molar-refractivity contribution in [1.82, 2.24) is 9.55 Å². The summed E-state index contributed by atoms with van der Waals surface area (Å²) in [7, 11) is 1.47. The molecule has 4 rings (SSSR count). The normalized spacial score (nSPS) is 20.3. The Hall–Kier alpha value is -1.78. The predicted molar refractivity (Wildman–Crippen MR) is 75.0 cm³/mol. The SMILES string of the molecule is COc1cc2c(cc1F)nc(N)n2CC1(C2CC2)CC1. The van der Waals surface area contributed by atoms with E-state index in [4.69, 9.17) is 10.5 Å². The maximum Gasteiger partial charge on any atom is 0.201 e. The van der Waals surface area contributed by atoms with Crippen LogP contribution >= 0.6 is 0 Å². The molecule has 20 heavy (non-hydrogen) atoms. The van der Waals surface area contributed by atoms with Crippen molar-refractivity contribution in [3.8, 4) is 5.75 Å². The van der Waals surface area contributed by atoms with Crippen molar-refractivity contribution in [2.24, 2.45) is 11.3 Å². The lowest BCUT2D eigenvalue weighted by atomic mass is 10.0. The smallest absolute Gasteiger partial charge is 0.201 e. The zero-order valence-corrected chi connectivity index (χ0v) is 11.5. The summed E-state index contributed by atoms with van der Waals surface area (Å²) in [5.41, 5.74) is 7.93. The first-order chi connectivity index (χ1) is 9.63. The number of nitrogens with zero attached hydrogens (tertiary/aromatic N) is 2. The topological polar surface area (TPSA) is 53.1 Å². The fraction of sp³-hybridized carbons (Fsp3) is 0.533. The van der Waals surface area contributed by atoms with E-state index in [1.165, 1.54) is 38.9 Å². The Labute approximate surface area is 116 Å². The molecule has 2 fully saturated rings. The second-order valence-electron chi connectivity index (χ2n) is 6.17. The minimum Gasteiger partial charge on any atom is -0.494 e. The largest absolute Gasteiger partial charge is 0.494 e. The van der Waals surface area contributed by atoms with Gasteiger partial charge in [-0.15, -0.1) is 0 Å². The second kappa shape index (κ2) is 3.87. The summed E-state index contributed by atoms with van der Waals surface area (Å²) in [5.74, 6) is 1.17. The van der Waals surface area contributed by atoms with Gasteiger partial charge in [0.15, 0.2) is 11.6 Å². The van der Waals surface area contributed by atoms with Crippen molar-refractivity contribution in [2.45, 2.75) is 32.2 Å². The van der Waals surface area contributed by atoms with Crippen LogP contribution in [0.25, 0.3) is 11.0 Å². The Balaban J connectivity index is 1.79. The summed E-state index contributed by atoms with van der Waals surface area (Å²) in [6.45, 7) is 0.898. The highest BCUT2D eigenvalue weighted by Crippen LogP contribution is 2.62. The molecule has 0 saturated heterocycles. The van der Waals surface area contributed by atoms with Crippen molar-refractivity contribution >= 4 is 17.0 Å². The van der Waals surface area contributed by atoms with Crippen molar-refractivity contribution in [2.75, 3.05) is 12.8 Å². The first-order valence-corrected chi connectivity index (χ1v) is 7.12. The van der Waals surface area contributed by atoms with E-state index >= 15 is 0 Å². The summed E-state index contributed by atoms with van der Waals surface area (Å²) in [4.78, 5) is 4.29. The number of methoxy groups -OCH3 is 1. The first kappa shape index (κ1) is 12.0. The van der Waals surface area contributed by atoms with Gasteiger partial charge >= 0.3 is 0 Å². The minimum atomic E-state index is -0.395. The number of fused-ring (bicyclic) bond motifs is 1. The molecule has 2 aliphatic rings. The fourth-order valence-electron chi connectivity index (χ4n) is 3.33. The van der Waals surface area contributed by atoms with E-state index < -0.39 is 5.82 Å². The van der Waals surface area contributed by atoms with Crippen LogP contribution in [0.15, 0.2) is 12.1 Å². The molecule has 0 radical (unpaired) electrons. The number of ether oxygens (including phenoxy) is 1. The Morgan fingerprint density at radius 3 is 2.80 bits per heavy atom. The lowest BCUT2D eigenvalue weighted by molar-refractivity contribution is 0.375. The highest BCUT2D eigenvalue weighted by atomic mass is 19.1. The Morgan fingerprint density at radius 1 is 1.45 bits per heavy atom. The average molecular weight is 275 g/mol. The number of imidazole rings is 1. The lowest BCUT2D eigenvalue weighted by Crippen LogP contribution is -2.15. The van der Waals surface area contributed by atoms with E-state index in [-0.39, 0.29) is 5.75 Å². The van der Waals surface area contributed by atoms with Gasteiger partial charge in [-0.25, -0.2) is 9.37 Å². The van der Waals surface area contributed by atoms with Crippen LogP contribution in [-0.4, -0.2) is 16.7 Å². The number of aromatic nitrogens is 2. The maximum atomic E-state index is 13.7. The third-order valence-electron chi connectivity index (χ3n) is 4.86. The Morgan fingerprint density at radius 2 is 2.20 bits per heavy atom. The standard InChI is InChI=1S/C15H18FN3O/c1-20-13-7-12-11(6-10(13)16)18-14(17)19(12)8-15(4-5-15)9-2-3-9/h6-7,9H,2-5,8H2,1H3,(H2,17,18). The second-order valence-corrected chi connectivity index (χ2v) is 6.17. The van der Waals surface area contributed by atoms with Gasteiger partial charge in [-0.1, -0.05) is 0 Å². The Bertz CT molecular complexity index is 686. The molecule has 2 saturated carbocycles. The molecule has 2 aromatic rings. The first-order valence-electron chi connectivity index (χ1n) is 7.12. The van der Waals surface area contributed by atoms with Crippen LogP contribution in [0.5, 0.6) is 5.75 Å². The van der Waals surface area contributed by atoms with Gasteiger partial charge in [-0.2, -0.15) is 0 Å². The molecule has 0 amide bonds. The van der Waals surface area contributed by atoms with Crippen molar-refractivity contribution in [1.29, 1.82) is 0 Å². The number of hydrogen-bond donors (Lipinski definition) is 1. The highest BCUT2D eigenvalue weighted by Gasteiger charge is 2.54. The van der Waals surface area contributed by atoms with Gasteiger partial charge in [-0.3, -0.25) is 0 Å². The summed E-state index contributed by atoms with van der Waals surface area (Å²) in [5, 5.41) is 0. The van der Waals surface area contributed by atoms with Gasteiger partial charge in [0, 0.05) is 18.7 Å². The van der Waals surface area contributed by atoms with Gasteiger partial charge in [0.05, 0.1) is 18.1 Å². The molecule has 4 nitrogen and oxygen atoms in total. The number of nitrogens with two attached hydrogens (primary N) is 1. The molecule has 0 bridgehead atoms. The highest BCUT2D eigenvalue weighted by molar-refractivity contribution is 5.80. The predicted octanol–water partition coefficient (Wildman–Crippen LogP) is 2.96. The third-order valence-corrected chi connectivity index (χ3v) is 4.86. The van der Waals surface area contributed by atoms with Crippen LogP contribution in [0.3, 0.4) is 0 Å². The third kappa shape index (κ3) is 1.69. The summed E-state index contributed by atoms with van der Waals surface area (Å²) >= 11 is 0. The van der Waals surface area contributed by atoms with Gasteiger partial charge in [0.2, 0.25) is 5.95 Å². The van der Waals surface area contributed by atoms with Crippen LogP contribution in [0.2, 0.25) is 0 Å². The van der Waals surface area contributed by atoms with Crippen LogP contribution in [0.1, 0.15) is 25.7 Å². The molecule has 2 N–H and O–H groups in total. The van der Waals surface area contributed by atoms with Gasteiger partial charge in [-0.05, 0) is 37.0 Å². The van der Waals surface area contributed by atoms with Crippen molar-refractivity contribution in [3.05, 3.63) is 17.9 Å². The van der Waals surface area contributed by atoms with Gasteiger partial charge < -0.3 is 15.0 Å². The lowest BCUT2D eigenvalue weighted by Gasteiger charge is -2.16. The number of hydrogen-bond acceptors (Lipinski definition) is 3. The molecule has 2 aliphatic carbocycles. The van der Waals surface area contributed by atoms with E-state index in [0.717, 1.165) is 18.0 Å². The monoisotopic (exact) mass is 275 g/mol. The fourth-order valence-corrected chi connectivity index (χ4v) is 3.33. The molecule has 1 aromatic carbocycles. The zero-order chi connectivity index (χ0) is 13.9. The summed E-state index contributed by atoms with van der Waals surface area (Å²) < 4.78 is 20.8. The molecule has 5 heteroatoms. The van der Waals surface area contributed by atoms with E-state index in [1.807, 2.05) is 4.57 Å². The minimum absolute atomic E-state index is 0.245. The number of anilines is 1.